The van der Waals surface area contributed by atoms with Crippen molar-refractivity contribution in [3.05, 3.63) is 33.8 Å². The van der Waals surface area contributed by atoms with E-state index in [4.69, 9.17) is 34.0 Å². The molecule has 1 rings (SSSR count). The molecule has 0 saturated heterocycles. The molecule has 2 unspecified atom stereocenters. The zero-order valence-corrected chi connectivity index (χ0v) is 11.7. The Morgan fingerprint density at radius 1 is 1.39 bits per heavy atom. The maximum atomic E-state index is 10.7. The van der Waals surface area contributed by atoms with Crippen molar-refractivity contribution in [2.45, 2.75) is 32.2 Å². The Kier molecular flexibility index (Phi) is 5.93. The average molecular weight is 290 g/mol. The van der Waals surface area contributed by atoms with Gasteiger partial charge in [-0.05, 0) is 30.0 Å². The fourth-order valence-corrected chi connectivity index (χ4v) is 2.26. The number of nitrogens with two attached hydrogens (primary N) is 1. The number of halogens is 2. The summed E-state index contributed by atoms with van der Waals surface area (Å²) >= 11 is 11.8. The first-order valence-corrected chi connectivity index (χ1v) is 6.61. The predicted octanol–water partition coefficient (Wildman–Crippen LogP) is 3.36. The van der Waals surface area contributed by atoms with Crippen LogP contribution in [0.5, 0.6) is 0 Å². The zero-order valence-electron chi connectivity index (χ0n) is 10.2. The van der Waals surface area contributed by atoms with E-state index in [2.05, 4.69) is 0 Å². The molecule has 0 radical (unpaired) electrons. The second-order valence-corrected chi connectivity index (χ2v) is 5.20. The van der Waals surface area contributed by atoms with Gasteiger partial charge in [0, 0.05) is 6.04 Å². The highest BCUT2D eigenvalue weighted by Crippen LogP contribution is 2.25. The summed E-state index contributed by atoms with van der Waals surface area (Å²) in [6.45, 7) is 2.00. The SMILES string of the molecule is CCC(Cc1ccc(Cl)c(Cl)c1)C(N)CC(=O)O. The lowest BCUT2D eigenvalue weighted by atomic mass is 9.89. The monoisotopic (exact) mass is 289 g/mol. The maximum absolute atomic E-state index is 10.7. The molecule has 0 bridgehead atoms. The number of carboxylic acids is 1. The molecule has 0 amide bonds. The predicted molar refractivity (Wildman–Crippen MR) is 74.2 cm³/mol. The lowest BCUT2D eigenvalue weighted by molar-refractivity contribution is -0.137. The first-order chi connectivity index (χ1) is 8.43. The van der Waals surface area contributed by atoms with Crippen molar-refractivity contribution in [1.29, 1.82) is 0 Å². The van der Waals surface area contributed by atoms with Crippen LogP contribution in [0.15, 0.2) is 18.2 Å². The topological polar surface area (TPSA) is 63.3 Å². The summed E-state index contributed by atoms with van der Waals surface area (Å²) < 4.78 is 0. The van der Waals surface area contributed by atoms with Gasteiger partial charge in [0.15, 0.2) is 0 Å². The Morgan fingerprint density at radius 3 is 2.56 bits per heavy atom. The summed E-state index contributed by atoms with van der Waals surface area (Å²) in [6, 6.07) is 5.10. The summed E-state index contributed by atoms with van der Waals surface area (Å²) in [5, 5.41) is 9.78. The summed E-state index contributed by atoms with van der Waals surface area (Å²) in [6.07, 6.45) is 1.52. The molecule has 0 aliphatic rings. The fraction of sp³-hybridized carbons (Fsp3) is 0.462. The molecule has 18 heavy (non-hydrogen) atoms. The van der Waals surface area contributed by atoms with Crippen molar-refractivity contribution in [2.24, 2.45) is 11.7 Å². The number of benzene rings is 1. The van der Waals surface area contributed by atoms with Crippen LogP contribution in [-0.2, 0) is 11.2 Å². The van der Waals surface area contributed by atoms with Gasteiger partial charge in [-0.25, -0.2) is 0 Å². The summed E-state index contributed by atoms with van der Waals surface area (Å²) in [5.41, 5.74) is 6.93. The third kappa shape index (κ3) is 4.48. The van der Waals surface area contributed by atoms with E-state index in [9.17, 15) is 4.79 Å². The quantitative estimate of drug-likeness (QED) is 0.844. The Hall–Kier alpha value is -0.770. The smallest absolute Gasteiger partial charge is 0.304 e. The van der Waals surface area contributed by atoms with Gasteiger partial charge in [0.25, 0.3) is 0 Å². The van der Waals surface area contributed by atoms with Gasteiger partial charge < -0.3 is 10.8 Å². The number of hydrogen-bond donors (Lipinski definition) is 2. The van der Waals surface area contributed by atoms with Crippen molar-refractivity contribution >= 4 is 29.2 Å². The fourth-order valence-electron chi connectivity index (χ4n) is 1.94. The molecule has 5 heteroatoms. The van der Waals surface area contributed by atoms with E-state index in [0.29, 0.717) is 16.5 Å². The first kappa shape index (κ1) is 15.3. The lowest BCUT2D eigenvalue weighted by Gasteiger charge is -2.21. The molecule has 0 heterocycles. The second-order valence-electron chi connectivity index (χ2n) is 4.38. The Morgan fingerprint density at radius 2 is 2.06 bits per heavy atom. The minimum absolute atomic E-state index is 0.0141. The molecular formula is C13H17Cl2NO2. The molecule has 2 atom stereocenters. The van der Waals surface area contributed by atoms with E-state index >= 15 is 0 Å². The van der Waals surface area contributed by atoms with Gasteiger partial charge in [0.05, 0.1) is 16.5 Å². The van der Waals surface area contributed by atoms with Crippen LogP contribution in [0.3, 0.4) is 0 Å². The third-order valence-corrected chi connectivity index (χ3v) is 3.76. The molecule has 0 spiro atoms. The van der Waals surface area contributed by atoms with Crippen molar-refractivity contribution < 1.29 is 9.90 Å². The molecule has 3 N–H and O–H groups in total. The molecule has 0 fully saturated rings. The third-order valence-electron chi connectivity index (χ3n) is 3.02. The van der Waals surface area contributed by atoms with Gasteiger partial charge in [-0.15, -0.1) is 0 Å². The summed E-state index contributed by atoms with van der Waals surface area (Å²) in [7, 11) is 0. The molecular weight excluding hydrogens is 273 g/mol. The molecule has 0 aromatic heterocycles. The minimum Gasteiger partial charge on any atom is -0.481 e. The minimum atomic E-state index is -0.866. The highest BCUT2D eigenvalue weighted by atomic mass is 35.5. The van der Waals surface area contributed by atoms with Crippen LogP contribution in [-0.4, -0.2) is 17.1 Å². The Bertz CT molecular complexity index is 423. The number of carboxylic acid groups (broad SMARTS) is 1. The van der Waals surface area contributed by atoms with Crippen LogP contribution >= 0.6 is 23.2 Å². The molecule has 100 valence electrons. The number of carbonyl (C=O) groups is 1. The Labute approximate surface area is 117 Å². The standard InChI is InChI=1S/C13H17Cl2NO2/c1-2-9(12(16)7-13(17)18)5-8-3-4-10(14)11(15)6-8/h3-4,6,9,12H,2,5,7,16H2,1H3,(H,17,18). The highest BCUT2D eigenvalue weighted by Gasteiger charge is 2.19. The van der Waals surface area contributed by atoms with E-state index in [1.165, 1.54) is 0 Å². The van der Waals surface area contributed by atoms with E-state index in [1.54, 1.807) is 12.1 Å². The normalized spacial score (nSPS) is 14.2. The van der Waals surface area contributed by atoms with E-state index in [-0.39, 0.29) is 18.4 Å². The van der Waals surface area contributed by atoms with E-state index < -0.39 is 5.97 Å². The molecule has 0 aliphatic heterocycles. The average Bonchev–Trinajstić information content (AvgIpc) is 2.29. The van der Waals surface area contributed by atoms with Crippen molar-refractivity contribution in [3.63, 3.8) is 0 Å². The zero-order chi connectivity index (χ0) is 13.7. The lowest BCUT2D eigenvalue weighted by Crippen LogP contribution is -2.33. The second kappa shape index (κ2) is 6.98. The van der Waals surface area contributed by atoms with Gasteiger partial charge in [0.1, 0.15) is 0 Å². The van der Waals surface area contributed by atoms with E-state index in [0.717, 1.165) is 12.0 Å². The summed E-state index contributed by atoms with van der Waals surface area (Å²) in [4.78, 5) is 10.7. The molecule has 1 aromatic rings. The van der Waals surface area contributed by atoms with Gasteiger partial charge in [-0.3, -0.25) is 4.79 Å². The van der Waals surface area contributed by atoms with Gasteiger partial charge in [-0.2, -0.15) is 0 Å². The van der Waals surface area contributed by atoms with Crippen LogP contribution in [0.2, 0.25) is 10.0 Å². The number of aliphatic carboxylic acids is 1. The van der Waals surface area contributed by atoms with Gasteiger partial charge in [-0.1, -0.05) is 42.6 Å². The number of hydrogen-bond acceptors (Lipinski definition) is 2. The maximum Gasteiger partial charge on any atom is 0.304 e. The highest BCUT2D eigenvalue weighted by molar-refractivity contribution is 6.42. The van der Waals surface area contributed by atoms with Crippen LogP contribution in [0, 0.1) is 5.92 Å². The van der Waals surface area contributed by atoms with E-state index in [1.807, 2.05) is 13.0 Å². The van der Waals surface area contributed by atoms with Gasteiger partial charge >= 0.3 is 5.97 Å². The van der Waals surface area contributed by atoms with Crippen LogP contribution in [0.1, 0.15) is 25.3 Å². The van der Waals surface area contributed by atoms with Crippen LogP contribution in [0.25, 0.3) is 0 Å². The molecule has 1 aromatic carbocycles. The first-order valence-electron chi connectivity index (χ1n) is 5.85. The van der Waals surface area contributed by atoms with Gasteiger partial charge in [0.2, 0.25) is 0 Å². The number of rotatable bonds is 6. The van der Waals surface area contributed by atoms with Crippen molar-refractivity contribution in [3.8, 4) is 0 Å². The van der Waals surface area contributed by atoms with Crippen molar-refractivity contribution in [1.82, 2.24) is 0 Å². The van der Waals surface area contributed by atoms with Crippen LogP contribution < -0.4 is 5.73 Å². The molecule has 0 saturated carbocycles. The van der Waals surface area contributed by atoms with Crippen molar-refractivity contribution in [2.75, 3.05) is 0 Å². The summed E-state index contributed by atoms with van der Waals surface area (Å²) in [5.74, 6) is -0.742. The Balaban J connectivity index is 2.72. The largest absolute Gasteiger partial charge is 0.481 e. The molecule has 3 nitrogen and oxygen atoms in total. The molecule has 0 aliphatic carbocycles. The van der Waals surface area contributed by atoms with Crippen LogP contribution in [0.4, 0.5) is 0 Å².